The summed E-state index contributed by atoms with van der Waals surface area (Å²) < 4.78 is 0. The number of aliphatic carboxylic acids is 1. The summed E-state index contributed by atoms with van der Waals surface area (Å²) in [5.74, 6) is -1.40. The predicted octanol–water partition coefficient (Wildman–Crippen LogP) is -4.14. The molecule has 0 bridgehead atoms. The van der Waals surface area contributed by atoms with Crippen molar-refractivity contribution in [2.24, 2.45) is 0 Å². The molecule has 0 radical (unpaired) electrons. The molecule has 0 aliphatic heterocycles. The van der Waals surface area contributed by atoms with Gasteiger partial charge in [0.25, 0.3) is 0 Å². The number of rotatable bonds is 2. The van der Waals surface area contributed by atoms with Crippen molar-refractivity contribution >= 4 is 43.7 Å². The molecule has 62 valence electrons. The molecule has 0 amide bonds. The van der Waals surface area contributed by atoms with E-state index in [2.05, 4.69) is 0 Å². The molecule has 0 heterocycles. The Morgan fingerprint density at radius 2 is 1.70 bits per heavy atom. The molecular weight excluding hydrogens is 172 g/mol. The van der Waals surface area contributed by atoms with Gasteiger partial charge in [-0.25, -0.2) is 4.79 Å². The maximum atomic E-state index is 9.52. The molecule has 0 saturated heterocycles. The number of aliphatic hydroxyl groups excluding tert-OH is 2. The Morgan fingerprint density at radius 3 is 1.70 bits per heavy atom. The molecule has 0 aromatic rings. The van der Waals surface area contributed by atoms with Crippen molar-refractivity contribution in [1.29, 1.82) is 0 Å². The number of carboxylic acids is 1. The van der Waals surface area contributed by atoms with Crippen LogP contribution in [0, 0.1) is 0 Å². The van der Waals surface area contributed by atoms with Gasteiger partial charge in [0.15, 0.2) is 6.10 Å². The van der Waals surface area contributed by atoms with E-state index in [1.165, 1.54) is 0 Å². The molecule has 1 unspecified atom stereocenters. The van der Waals surface area contributed by atoms with Crippen molar-refractivity contribution in [2.75, 3.05) is 6.61 Å². The second-order valence-corrected chi connectivity index (χ2v) is 1.04. The fourth-order valence-corrected chi connectivity index (χ4v) is 0.0781. The van der Waals surface area contributed by atoms with Crippen LogP contribution in [0.1, 0.15) is 0 Å². The molecule has 10 heavy (non-hydrogen) atoms. The quantitative estimate of drug-likeness (QED) is 0.374. The van der Waals surface area contributed by atoms with Crippen LogP contribution in [0.3, 0.4) is 0 Å². The predicted molar refractivity (Wildman–Crippen MR) is 36.5 cm³/mol. The minimum atomic E-state index is -1.63. The van der Waals surface area contributed by atoms with Crippen LogP contribution < -0.4 is 0 Å². The zero-order valence-electron chi connectivity index (χ0n) is 4.53. The Balaban J connectivity index is -0.0000000600. The van der Waals surface area contributed by atoms with Crippen molar-refractivity contribution in [3.8, 4) is 0 Å². The van der Waals surface area contributed by atoms with Crippen molar-refractivity contribution in [3.05, 3.63) is 0 Å². The number of carboxylic acid groups (broad SMARTS) is 1. The van der Waals surface area contributed by atoms with E-state index < -0.39 is 18.7 Å². The molecule has 0 spiro atoms. The first-order chi connectivity index (χ1) is 3.18. The second-order valence-electron chi connectivity index (χ2n) is 1.04. The van der Waals surface area contributed by atoms with Crippen molar-refractivity contribution in [3.63, 3.8) is 0 Å². The van der Waals surface area contributed by atoms with Crippen molar-refractivity contribution < 1.29 is 31.1 Å². The Morgan fingerprint density at radius 1 is 1.40 bits per heavy atom. The van der Waals surface area contributed by atoms with E-state index >= 15 is 0 Å². The first-order valence-electron chi connectivity index (χ1n) is 1.70. The monoisotopic (exact) mass is 184 g/mol. The molecule has 7 N–H and O–H groups in total. The van der Waals surface area contributed by atoms with Gasteiger partial charge in [0.2, 0.25) is 0 Å². The second kappa shape index (κ2) is 12.3. The zero-order chi connectivity index (χ0) is 5.86. The Labute approximate surface area is 87.1 Å². The van der Waals surface area contributed by atoms with E-state index in [-0.39, 0.29) is 48.7 Å². The molecule has 6 nitrogen and oxygen atoms in total. The SMILES string of the molecule is O.O.O=C(O)C(O)CO.[CaH2]. The maximum absolute atomic E-state index is 9.52. The van der Waals surface area contributed by atoms with Crippen LogP contribution in [-0.2, 0) is 4.79 Å². The minimum absolute atomic E-state index is 0. The molecule has 0 saturated carbocycles. The summed E-state index contributed by atoms with van der Waals surface area (Å²) in [6, 6.07) is 0. The third-order valence-electron chi connectivity index (χ3n) is 0.458. The van der Waals surface area contributed by atoms with Gasteiger partial charge in [-0.05, 0) is 0 Å². The van der Waals surface area contributed by atoms with E-state index in [4.69, 9.17) is 15.3 Å². The molecule has 1 atom stereocenters. The normalized spacial score (nSPS) is 9.40. The van der Waals surface area contributed by atoms with Gasteiger partial charge >= 0.3 is 43.7 Å². The van der Waals surface area contributed by atoms with Gasteiger partial charge in [0.05, 0.1) is 6.61 Å². The molecule has 0 aliphatic rings. The fraction of sp³-hybridized carbons (Fsp3) is 0.667. The van der Waals surface area contributed by atoms with Gasteiger partial charge in [0.1, 0.15) is 0 Å². The van der Waals surface area contributed by atoms with E-state index in [1.807, 2.05) is 0 Å². The molecule has 0 fully saturated rings. The van der Waals surface area contributed by atoms with E-state index in [9.17, 15) is 4.79 Å². The summed E-state index contributed by atoms with van der Waals surface area (Å²) in [6.45, 7) is -0.727. The number of hydrogen-bond donors (Lipinski definition) is 3. The van der Waals surface area contributed by atoms with E-state index in [0.717, 1.165) is 0 Å². The number of aliphatic hydroxyl groups is 2. The van der Waals surface area contributed by atoms with Crippen LogP contribution in [0.4, 0.5) is 0 Å². The number of hydrogen-bond acceptors (Lipinski definition) is 3. The summed E-state index contributed by atoms with van der Waals surface area (Å²) in [4.78, 5) is 9.52. The topological polar surface area (TPSA) is 141 Å². The Kier molecular flexibility index (Phi) is 27.5. The third kappa shape index (κ3) is 11.4. The molecule has 0 aromatic heterocycles. The standard InChI is InChI=1S/C3H6O4.Ca.2H2O.2H/c4-1-2(5)3(6)7;;;;;/h2,4-5H,1H2,(H,6,7);;2*1H2;;. The average Bonchev–Trinajstić information content (AvgIpc) is 1.65. The van der Waals surface area contributed by atoms with Crippen LogP contribution in [0.5, 0.6) is 0 Å². The summed E-state index contributed by atoms with van der Waals surface area (Å²) in [7, 11) is 0. The van der Waals surface area contributed by atoms with Crippen molar-refractivity contribution in [1.82, 2.24) is 0 Å². The first kappa shape index (κ1) is 22.4. The Bertz CT molecular complexity index is 75.4. The van der Waals surface area contributed by atoms with Crippen LogP contribution in [0.25, 0.3) is 0 Å². The van der Waals surface area contributed by atoms with Crippen molar-refractivity contribution in [2.45, 2.75) is 6.10 Å². The molecule has 0 aliphatic carbocycles. The van der Waals surface area contributed by atoms with Gasteiger partial charge in [-0.15, -0.1) is 0 Å². The Hall–Kier alpha value is 0.570. The summed E-state index contributed by atoms with van der Waals surface area (Å²) in [5.41, 5.74) is 0. The van der Waals surface area contributed by atoms with Crippen LogP contribution in [0.2, 0.25) is 0 Å². The van der Waals surface area contributed by atoms with Gasteiger partial charge in [-0.2, -0.15) is 0 Å². The van der Waals surface area contributed by atoms with E-state index in [1.54, 1.807) is 0 Å². The number of carbonyl (C=O) groups is 1. The summed E-state index contributed by atoms with van der Waals surface area (Å²) in [5, 5.41) is 23.7. The first-order valence-corrected chi connectivity index (χ1v) is 1.70. The summed E-state index contributed by atoms with van der Waals surface area (Å²) in [6.07, 6.45) is -1.63. The van der Waals surface area contributed by atoms with Crippen LogP contribution in [-0.4, -0.2) is 82.7 Å². The van der Waals surface area contributed by atoms with Gasteiger partial charge in [0, 0.05) is 0 Å². The molecule has 0 aromatic carbocycles. The third-order valence-corrected chi connectivity index (χ3v) is 0.458. The molecule has 7 heteroatoms. The average molecular weight is 184 g/mol. The molecule has 0 rings (SSSR count). The van der Waals surface area contributed by atoms with Gasteiger partial charge in [-0.3, -0.25) is 0 Å². The van der Waals surface area contributed by atoms with Crippen LogP contribution >= 0.6 is 0 Å². The van der Waals surface area contributed by atoms with E-state index in [0.29, 0.717) is 0 Å². The van der Waals surface area contributed by atoms with Crippen LogP contribution in [0.15, 0.2) is 0 Å². The fourth-order valence-electron chi connectivity index (χ4n) is 0.0781. The molecular formula is C3H12CaO6. The van der Waals surface area contributed by atoms with Gasteiger partial charge < -0.3 is 26.3 Å². The summed E-state index contributed by atoms with van der Waals surface area (Å²) >= 11 is 0. The van der Waals surface area contributed by atoms with Gasteiger partial charge in [-0.1, -0.05) is 0 Å². The zero-order valence-corrected chi connectivity index (χ0v) is 4.53.